The lowest BCUT2D eigenvalue weighted by molar-refractivity contribution is -0.121. The molecule has 0 saturated carbocycles. The van der Waals surface area contributed by atoms with Gasteiger partial charge in [0.15, 0.2) is 0 Å². The molecule has 0 radical (unpaired) electrons. The zero-order valence-corrected chi connectivity index (χ0v) is 10.3. The summed E-state index contributed by atoms with van der Waals surface area (Å²) in [7, 11) is 0. The highest BCUT2D eigenvalue weighted by atomic mass is 16.5. The van der Waals surface area contributed by atoms with Gasteiger partial charge in [-0.2, -0.15) is 5.10 Å². The Labute approximate surface area is 106 Å². The number of hydrogen-bond acceptors (Lipinski definition) is 5. The van der Waals surface area contributed by atoms with E-state index in [1.165, 1.54) is 10.9 Å². The molecular formula is C11H19N5O2. The molecule has 1 fully saturated rings. The van der Waals surface area contributed by atoms with E-state index < -0.39 is 0 Å². The molecule has 3 N–H and O–H groups in total. The quantitative estimate of drug-likeness (QED) is 0.697. The van der Waals surface area contributed by atoms with Crippen LogP contribution in [0, 0.1) is 0 Å². The minimum absolute atomic E-state index is 0.0497. The van der Waals surface area contributed by atoms with E-state index >= 15 is 0 Å². The number of nitrogens with two attached hydrogens (primary N) is 1. The zero-order chi connectivity index (χ0) is 12.8. The van der Waals surface area contributed by atoms with Crippen molar-refractivity contribution >= 4 is 11.6 Å². The number of amides is 1. The van der Waals surface area contributed by atoms with Gasteiger partial charge in [-0.15, -0.1) is 0 Å². The third-order valence-corrected chi connectivity index (χ3v) is 2.81. The van der Waals surface area contributed by atoms with Crippen molar-refractivity contribution < 1.29 is 9.53 Å². The number of anilines is 1. The number of nitrogen functional groups attached to an aromatic ring is 1. The normalized spacial score (nSPS) is 16.7. The number of carbonyl (C=O) groups is 1. The lowest BCUT2D eigenvalue weighted by Crippen LogP contribution is -2.41. The summed E-state index contributed by atoms with van der Waals surface area (Å²) in [6.45, 7) is 5.14. The highest BCUT2D eigenvalue weighted by molar-refractivity contribution is 5.75. The van der Waals surface area contributed by atoms with E-state index in [0.717, 1.165) is 32.8 Å². The summed E-state index contributed by atoms with van der Waals surface area (Å²) in [4.78, 5) is 13.9. The fourth-order valence-corrected chi connectivity index (χ4v) is 1.85. The van der Waals surface area contributed by atoms with Crippen molar-refractivity contribution in [3.05, 3.63) is 12.4 Å². The number of carbonyl (C=O) groups excluding carboxylic acids is 1. The van der Waals surface area contributed by atoms with Crippen LogP contribution >= 0.6 is 0 Å². The molecule has 7 nitrogen and oxygen atoms in total. The minimum Gasteiger partial charge on any atom is -0.396 e. The first-order valence-corrected chi connectivity index (χ1v) is 6.09. The summed E-state index contributed by atoms with van der Waals surface area (Å²) < 4.78 is 6.78. The van der Waals surface area contributed by atoms with Crippen molar-refractivity contribution in [1.82, 2.24) is 20.0 Å². The summed E-state index contributed by atoms with van der Waals surface area (Å²) in [5.74, 6) is -0.0497. The molecule has 1 aromatic heterocycles. The molecule has 0 aliphatic carbocycles. The van der Waals surface area contributed by atoms with Gasteiger partial charge in [0.1, 0.15) is 6.54 Å². The predicted molar refractivity (Wildman–Crippen MR) is 66.9 cm³/mol. The average Bonchev–Trinajstić information content (AvgIpc) is 2.76. The third kappa shape index (κ3) is 4.01. The fourth-order valence-electron chi connectivity index (χ4n) is 1.85. The first-order chi connectivity index (χ1) is 8.74. The van der Waals surface area contributed by atoms with Gasteiger partial charge in [-0.3, -0.25) is 14.4 Å². The number of nitrogens with zero attached hydrogens (tertiary/aromatic N) is 3. The van der Waals surface area contributed by atoms with Crippen LogP contribution in [0.5, 0.6) is 0 Å². The minimum atomic E-state index is -0.0497. The van der Waals surface area contributed by atoms with Gasteiger partial charge in [-0.05, 0) is 0 Å². The van der Waals surface area contributed by atoms with Crippen LogP contribution < -0.4 is 11.1 Å². The number of morpholine rings is 1. The molecule has 2 heterocycles. The third-order valence-electron chi connectivity index (χ3n) is 2.81. The molecule has 0 atom stereocenters. The summed E-state index contributed by atoms with van der Waals surface area (Å²) in [6, 6.07) is 0. The van der Waals surface area contributed by atoms with Crippen molar-refractivity contribution in [2.45, 2.75) is 6.54 Å². The van der Waals surface area contributed by atoms with Crippen molar-refractivity contribution in [1.29, 1.82) is 0 Å². The van der Waals surface area contributed by atoms with Crippen LogP contribution in [0.4, 0.5) is 5.69 Å². The molecule has 100 valence electrons. The molecule has 0 bridgehead atoms. The molecule has 1 saturated heterocycles. The van der Waals surface area contributed by atoms with Crippen molar-refractivity contribution in [2.75, 3.05) is 45.1 Å². The summed E-state index contributed by atoms with van der Waals surface area (Å²) in [6.07, 6.45) is 3.17. The maximum Gasteiger partial charge on any atom is 0.241 e. The number of rotatable bonds is 5. The largest absolute Gasteiger partial charge is 0.396 e. The number of aromatic nitrogens is 2. The Balaban J connectivity index is 1.62. The average molecular weight is 253 g/mol. The van der Waals surface area contributed by atoms with Gasteiger partial charge in [0.05, 0.1) is 25.1 Å². The maximum absolute atomic E-state index is 11.6. The van der Waals surface area contributed by atoms with Crippen LogP contribution in [0.1, 0.15) is 0 Å². The van der Waals surface area contributed by atoms with Crippen molar-refractivity contribution in [3.63, 3.8) is 0 Å². The standard InChI is InChI=1S/C11H19N5O2/c12-10-7-14-16(8-10)9-11(17)13-1-2-15-3-5-18-6-4-15/h7-8H,1-6,9,12H2,(H,13,17). The molecule has 0 spiro atoms. The molecule has 0 aromatic carbocycles. The van der Waals surface area contributed by atoms with Crippen LogP contribution in [0.25, 0.3) is 0 Å². The second-order valence-corrected chi connectivity index (χ2v) is 4.28. The van der Waals surface area contributed by atoms with E-state index in [0.29, 0.717) is 12.2 Å². The second kappa shape index (κ2) is 6.36. The Kier molecular flexibility index (Phi) is 4.54. The molecule has 0 unspecified atom stereocenters. The predicted octanol–water partition coefficient (Wildman–Crippen LogP) is -1.09. The molecule has 18 heavy (non-hydrogen) atoms. The lowest BCUT2D eigenvalue weighted by atomic mass is 10.4. The monoisotopic (exact) mass is 253 g/mol. The molecule has 2 rings (SSSR count). The van der Waals surface area contributed by atoms with Crippen LogP contribution in [0.15, 0.2) is 12.4 Å². The first kappa shape index (κ1) is 12.8. The van der Waals surface area contributed by atoms with E-state index in [4.69, 9.17) is 10.5 Å². The van der Waals surface area contributed by atoms with E-state index in [9.17, 15) is 4.79 Å². The highest BCUT2D eigenvalue weighted by Gasteiger charge is 2.10. The van der Waals surface area contributed by atoms with Crippen molar-refractivity contribution in [2.24, 2.45) is 0 Å². The van der Waals surface area contributed by atoms with Gasteiger partial charge in [0, 0.05) is 32.4 Å². The Bertz CT molecular complexity index is 387. The van der Waals surface area contributed by atoms with Gasteiger partial charge < -0.3 is 15.8 Å². The van der Waals surface area contributed by atoms with Crippen LogP contribution in [-0.4, -0.2) is 60.0 Å². The van der Waals surface area contributed by atoms with Gasteiger partial charge >= 0.3 is 0 Å². The van der Waals surface area contributed by atoms with E-state index in [2.05, 4.69) is 15.3 Å². The lowest BCUT2D eigenvalue weighted by Gasteiger charge is -2.26. The summed E-state index contributed by atoms with van der Waals surface area (Å²) in [5.41, 5.74) is 6.08. The highest BCUT2D eigenvalue weighted by Crippen LogP contribution is 1.97. The second-order valence-electron chi connectivity index (χ2n) is 4.28. The van der Waals surface area contributed by atoms with E-state index in [-0.39, 0.29) is 12.5 Å². The van der Waals surface area contributed by atoms with Crippen LogP contribution in [-0.2, 0) is 16.1 Å². The number of ether oxygens (including phenoxy) is 1. The Morgan fingerprint density at radius 1 is 1.50 bits per heavy atom. The first-order valence-electron chi connectivity index (χ1n) is 6.09. The molecule has 1 amide bonds. The van der Waals surface area contributed by atoms with Crippen LogP contribution in [0.3, 0.4) is 0 Å². The molecular weight excluding hydrogens is 234 g/mol. The Morgan fingerprint density at radius 2 is 2.28 bits per heavy atom. The van der Waals surface area contributed by atoms with Gasteiger partial charge in [0.2, 0.25) is 5.91 Å². The molecule has 1 aliphatic rings. The van der Waals surface area contributed by atoms with Crippen LogP contribution in [0.2, 0.25) is 0 Å². The van der Waals surface area contributed by atoms with Gasteiger partial charge in [0.25, 0.3) is 0 Å². The van der Waals surface area contributed by atoms with Gasteiger partial charge in [-0.1, -0.05) is 0 Å². The summed E-state index contributed by atoms with van der Waals surface area (Å²) in [5, 5.41) is 6.82. The number of hydrogen-bond donors (Lipinski definition) is 2. The zero-order valence-electron chi connectivity index (χ0n) is 10.3. The maximum atomic E-state index is 11.6. The SMILES string of the molecule is Nc1cnn(CC(=O)NCCN2CCOCC2)c1. The smallest absolute Gasteiger partial charge is 0.241 e. The molecule has 1 aromatic rings. The fraction of sp³-hybridized carbons (Fsp3) is 0.636. The van der Waals surface area contributed by atoms with E-state index in [1.54, 1.807) is 6.20 Å². The van der Waals surface area contributed by atoms with Gasteiger partial charge in [-0.25, -0.2) is 0 Å². The topological polar surface area (TPSA) is 85.4 Å². The molecule has 1 aliphatic heterocycles. The number of nitrogens with one attached hydrogen (secondary N) is 1. The van der Waals surface area contributed by atoms with E-state index in [1.807, 2.05) is 0 Å². The van der Waals surface area contributed by atoms with Crippen molar-refractivity contribution in [3.8, 4) is 0 Å². The Morgan fingerprint density at radius 3 is 2.94 bits per heavy atom. The molecule has 7 heteroatoms. The summed E-state index contributed by atoms with van der Waals surface area (Å²) >= 11 is 0. The Hall–Kier alpha value is -1.60.